The summed E-state index contributed by atoms with van der Waals surface area (Å²) in [7, 11) is 0. The number of allylic oxidation sites excluding steroid dienone is 1. The summed E-state index contributed by atoms with van der Waals surface area (Å²) in [6.45, 7) is 2.56. The van der Waals surface area contributed by atoms with E-state index in [9.17, 15) is 14.8 Å². The summed E-state index contributed by atoms with van der Waals surface area (Å²) in [5.74, 6) is -0.130. The van der Waals surface area contributed by atoms with Gasteiger partial charge in [-0.2, -0.15) is 5.06 Å². The first kappa shape index (κ1) is 18.7. The third-order valence-electron chi connectivity index (χ3n) is 6.75. The van der Waals surface area contributed by atoms with Crippen LogP contribution in [0.5, 0.6) is 0 Å². The number of carbonyl (C=O) groups is 2. The summed E-state index contributed by atoms with van der Waals surface area (Å²) in [6, 6.07) is 0.177. The maximum Gasteiger partial charge on any atom is 0.307 e. The molecule has 0 aromatic carbocycles. The Bertz CT molecular complexity index is 662. The number of carboxylic acids is 1. The highest BCUT2D eigenvalue weighted by Gasteiger charge is 2.54. The Morgan fingerprint density at radius 3 is 2.63 bits per heavy atom. The van der Waals surface area contributed by atoms with Crippen molar-refractivity contribution >= 4 is 11.9 Å². The Hall–Kier alpha value is -1.70. The molecular weight excluding hydrogens is 346 g/mol. The van der Waals surface area contributed by atoms with Gasteiger partial charge in [0.05, 0.1) is 13.1 Å². The minimum Gasteiger partial charge on any atom is -0.481 e. The molecule has 27 heavy (non-hydrogen) atoms. The fourth-order valence-corrected chi connectivity index (χ4v) is 4.87. The predicted molar refractivity (Wildman–Crippen MR) is 99.0 cm³/mol. The van der Waals surface area contributed by atoms with Crippen LogP contribution in [-0.4, -0.2) is 74.9 Å². The van der Waals surface area contributed by atoms with Gasteiger partial charge in [0.1, 0.15) is 5.54 Å². The van der Waals surface area contributed by atoms with Gasteiger partial charge in [0.25, 0.3) is 0 Å². The van der Waals surface area contributed by atoms with Gasteiger partial charge in [-0.05, 0) is 43.6 Å². The van der Waals surface area contributed by atoms with E-state index in [1.165, 1.54) is 24.3 Å². The molecule has 2 aliphatic carbocycles. The van der Waals surface area contributed by atoms with Crippen molar-refractivity contribution in [1.82, 2.24) is 14.9 Å². The molecule has 2 N–H and O–H groups in total. The van der Waals surface area contributed by atoms with Crippen molar-refractivity contribution in [2.45, 2.75) is 56.5 Å². The molecule has 2 heterocycles. The normalized spacial score (nSPS) is 29.2. The van der Waals surface area contributed by atoms with E-state index in [1.54, 1.807) is 0 Å². The van der Waals surface area contributed by atoms with Crippen molar-refractivity contribution in [3.05, 3.63) is 23.8 Å². The van der Waals surface area contributed by atoms with Gasteiger partial charge in [0.2, 0.25) is 5.91 Å². The summed E-state index contributed by atoms with van der Waals surface area (Å²) in [5.41, 5.74) is 0.0738. The minimum atomic E-state index is -0.817. The van der Waals surface area contributed by atoms with Crippen LogP contribution in [0.1, 0.15) is 44.9 Å². The van der Waals surface area contributed by atoms with E-state index < -0.39 is 11.5 Å². The smallest absolute Gasteiger partial charge is 0.307 e. The van der Waals surface area contributed by atoms with E-state index in [2.05, 4.69) is 4.90 Å². The zero-order chi connectivity index (χ0) is 19.0. The molecule has 0 aromatic heterocycles. The molecule has 4 rings (SSSR count). The van der Waals surface area contributed by atoms with E-state index in [1.807, 2.05) is 23.1 Å². The number of piperidine rings is 1. The molecular formula is C20H29N3O4. The van der Waals surface area contributed by atoms with Crippen LogP contribution in [0.2, 0.25) is 0 Å². The molecule has 4 aliphatic rings. The number of hydroxylamine groups is 2. The minimum absolute atomic E-state index is 0.0454. The first-order chi connectivity index (χ1) is 13.0. The Kier molecular flexibility index (Phi) is 5.09. The lowest BCUT2D eigenvalue weighted by atomic mass is 9.83. The molecule has 0 aromatic rings. The lowest BCUT2D eigenvalue weighted by Gasteiger charge is -2.42. The summed E-state index contributed by atoms with van der Waals surface area (Å²) in [6.07, 6.45) is 11.7. The zero-order valence-electron chi connectivity index (χ0n) is 15.7. The van der Waals surface area contributed by atoms with Crippen molar-refractivity contribution < 1.29 is 19.9 Å². The van der Waals surface area contributed by atoms with Crippen molar-refractivity contribution in [3.8, 4) is 0 Å². The Balaban J connectivity index is 1.38. The first-order valence-electron chi connectivity index (χ1n) is 10.1. The van der Waals surface area contributed by atoms with Crippen LogP contribution in [0, 0.1) is 5.92 Å². The number of hydrogen-bond acceptors (Lipinski definition) is 5. The quantitative estimate of drug-likeness (QED) is 0.763. The van der Waals surface area contributed by atoms with E-state index in [0.717, 1.165) is 31.6 Å². The molecule has 1 amide bonds. The fraction of sp³-hybridized carbons (Fsp3) is 0.700. The van der Waals surface area contributed by atoms with E-state index in [-0.39, 0.29) is 18.4 Å². The summed E-state index contributed by atoms with van der Waals surface area (Å²) in [5, 5.41) is 20.8. The second kappa shape index (κ2) is 7.37. The summed E-state index contributed by atoms with van der Waals surface area (Å²) < 4.78 is 0. The average Bonchev–Trinajstić information content (AvgIpc) is 2.83. The highest BCUT2D eigenvalue weighted by atomic mass is 16.5. The zero-order valence-corrected chi connectivity index (χ0v) is 15.7. The molecule has 2 aliphatic heterocycles. The predicted octanol–water partition coefficient (Wildman–Crippen LogP) is 1.84. The third-order valence-corrected chi connectivity index (χ3v) is 6.75. The summed E-state index contributed by atoms with van der Waals surface area (Å²) in [4.78, 5) is 28.2. The molecule has 0 radical (unpaired) electrons. The van der Waals surface area contributed by atoms with Gasteiger partial charge in [0.15, 0.2) is 0 Å². The lowest BCUT2D eigenvalue weighted by molar-refractivity contribution is -0.173. The van der Waals surface area contributed by atoms with Gasteiger partial charge in [-0.15, -0.1) is 0 Å². The highest BCUT2D eigenvalue weighted by molar-refractivity contribution is 5.88. The van der Waals surface area contributed by atoms with Crippen LogP contribution in [0.3, 0.4) is 0 Å². The van der Waals surface area contributed by atoms with Crippen molar-refractivity contribution in [2.75, 3.05) is 26.3 Å². The molecule has 7 nitrogen and oxygen atoms in total. The molecule has 1 saturated carbocycles. The van der Waals surface area contributed by atoms with E-state index in [4.69, 9.17) is 5.11 Å². The second-order valence-electron chi connectivity index (χ2n) is 8.45. The fourth-order valence-electron chi connectivity index (χ4n) is 4.87. The number of carboxylic acid groups (broad SMARTS) is 1. The number of aliphatic carboxylic acids is 1. The number of likely N-dealkylation sites (tertiary alicyclic amines) is 1. The largest absolute Gasteiger partial charge is 0.481 e. The molecule has 2 saturated heterocycles. The SMILES string of the molecule is O=C(O)CC1=CC(N2CCC3(CC2)C(=O)N(CC2CCC2)CN3O)CC=C1. The highest BCUT2D eigenvalue weighted by Crippen LogP contribution is 2.38. The number of carbonyl (C=O) groups excluding carboxylic acids is 1. The maximum atomic E-state index is 13.0. The Morgan fingerprint density at radius 1 is 1.26 bits per heavy atom. The maximum absolute atomic E-state index is 13.0. The van der Waals surface area contributed by atoms with Gasteiger partial charge in [-0.25, -0.2) is 0 Å². The molecule has 7 heteroatoms. The van der Waals surface area contributed by atoms with Crippen molar-refractivity contribution in [1.29, 1.82) is 0 Å². The Labute approximate surface area is 159 Å². The van der Waals surface area contributed by atoms with Crippen molar-refractivity contribution in [3.63, 3.8) is 0 Å². The van der Waals surface area contributed by atoms with E-state index in [0.29, 0.717) is 25.4 Å². The van der Waals surface area contributed by atoms with Gasteiger partial charge in [-0.1, -0.05) is 24.6 Å². The Morgan fingerprint density at radius 2 is 2.00 bits per heavy atom. The third kappa shape index (κ3) is 3.56. The second-order valence-corrected chi connectivity index (χ2v) is 8.45. The number of nitrogens with zero attached hydrogens (tertiary/aromatic N) is 3. The summed E-state index contributed by atoms with van der Waals surface area (Å²) >= 11 is 0. The molecule has 1 unspecified atom stereocenters. The van der Waals surface area contributed by atoms with Crippen LogP contribution < -0.4 is 0 Å². The van der Waals surface area contributed by atoms with E-state index >= 15 is 0 Å². The van der Waals surface area contributed by atoms with Gasteiger partial charge in [0, 0.05) is 25.7 Å². The molecule has 148 valence electrons. The van der Waals surface area contributed by atoms with Crippen molar-refractivity contribution in [2.24, 2.45) is 5.92 Å². The van der Waals surface area contributed by atoms with Crippen LogP contribution >= 0.6 is 0 Å². The van der Waals surface area contributed by atoms with Crippen LogP contribution in [0.15, 0.2) is 23.8 Å². The van der Waals surface area contributed by atoms with Crippen LogP contribution in [0.25, 0.3) is 0 Å². The molecule has 1 atom stereocenters. The average molecular weight is 375 g/mol. The van der Waals surface area contributed by atoms with Crippen LogP contribution in [0.4, 0.5) is 0 Å². The van der Waals surface area contributed by atoms with Crippen LogP contribution in [-0.2, 0) is 9.59 Å². The number of rotatable bonds is 5. The standard InChI is InChI=1S/C20H29N3O4/c24-18(25)12-16-5-2-6-17(11-16)21-9-7-20(8-10-21)19(26)22(14-23(20)27)13-15-3-1-4-15/h2,5,11,15,17,27H,1,3-4,6-10,12-14H2,(H,24,25). The monoisotopic (exact) mass is 375 g/mol. The molecule has 3 fully saturated rings. The molecule has 1 spiro atoms. The lowest BCUT2D eigenvalue weighted by Crippen LogP contribution is -2.56. The molecule has 0 bridgehead atoms. The van der Waals surface area contributed by atoms with Gasteiger partial charge < -0.3 is 15.2 Å². The van der Waals surface area contributed by atoms with Gasteiger partial charge >= 0.3 is 5.97 Å². The number of hydrogen-bond donors (Lipinski definition) is 2. The first-order valence-corrected chi connectivity index (χ1v) is 10.1. The number of amides is 1. The topological polar surface area (TPSA) is 84.3 Å². The van der Waals surface area contributed by atoms with Gasteiger partial charge in [-0.3, -0.25) is 14.5 Å².